The minimum absolute atomic E-state index is 0.00523. The third kappa shape index (κ3) is 11.8. The summed E-state index contributed by atoms with van der Waals surface area (Å²) in [4.78, 5) is 114. The number of rotatable bonds is 10. The molecule has 0 aliphatic carbocycles. The maximum Gasteiger partial charge on any atom is 0.254 e. The van der Waals surface area contributed by atoms with Crippen LogP contribution in [0.4, 0.5) is 0 Å². The molecule has 4 rings (SSSR count). The van der Waals surface area contributed by atoms with Gasteiger partial charge in [-0.05, 0) is 39.2 Å². The SMILES string of the molecule is CC(=O)CN1C(=O)C=CC1=O.CCCN1C(=O)C=CC1=O.CCCN1C(=O)CC(SC)C1=O.CSC1CC(=O)N(CC(C)=O)C1=O. The molecule has 2 fully saturated rings. The lowest BCUT2D eigenvalue weighted by Gasteiger charge is -2.12. The molecule has 8 amide bonds. The van der Waals surface area contributed by atoms with Crippen molar-refractivity contribution in [3.63, 3.8) is 0 Å². The van der Waals surface area contributed by atoms with Gasteiger partial charge in [-0.25, -0.2) is 0 Å². The zero-order valence-electron chi connectivity index (χ0n) is 26.8. The molecule has 46 heavy (non-hydrogen) atoms. The summed E-state index contributed by atoms with van der Waals surface area (Å²) in [5, 5.41) is -0.407. The molecule has 0 aromatic rings. The van der Waals surface area contributed by atoms with Crippen molar-refractivity contribution in [1.82, 2.24) is 19.6 Å². The zero-order valence-corrected chi connectivity index (χ0v) is 28.4. The predicted octanol–water partition coefficient (Wildman–Crippen LogP) is 0.775. The van der Waals surface area contributed by atoms with Crippen molar-refractivity contribution in [3.05, 3.63) is 24.3 Å². The molecule has 252 valence electrons. The summed E-state index contributed by atoms with van der Waals surface area (Å²) in [6.45, 7) is 7.51. The summed E-state index contributed by atoms with van der Waals surface area (Å²) in [5.74, 6) is -2.05. The van der Waals surface area contributed by atoms with E-state index in [2.05, 4.69) is 0 Å². The molecule has 0 saturated carbocycles. The molecular formula is C30H40N4O10S2. The van der Waals surface area contributed by atoms with E-state index in [4.69, 9.17) is 0 Å². The largest absolute Gasteiger partial charge is 0.298 e. The van der Waals surface area contributed by atoms with Gasteiger partial charge in [0, 0.05) is 50.2 Å². The van der Waals surface area contributed by atoms with Crippen LogP contribution < -0.4 is 0 Å². The molecule has 0 bridgehead atoms. The average Bonchev–Trinajstić information content (AvgIpc) is 3.67. The molecule has 2 atom stereocenters. The number of carbonyl (C=O) groups excluding carboxylic acids is 10. The normalized spacial score (nSPS) is 20.2. The van der Waals surface area contributed by atoms with Gasteiger partial charge in [0.25, 0.3) is 23.6 Å². The Labute approximate surface area is 276 Å². The van der Waals surface area contributed by atoms with Gasteiger partial charge in [0.2, 0.25) is 23.6 Å². The summed E-state index contributed by atoms with van der Waals surface area (Å²) < 4.78 is 0. The molecule has 0 N–H and O–H groups in total. The van der Waals surface area contributed by atoms with Crippen LogP contribution in [0, 0.1) is 0 Å². The lowest BCUT2D eigenvalue weighted by atomic mass is 10.4. The standard InChI is InChI=1S/C8H11NO3S.C8H13NO2S.C7H7NO3.C7H9NO2/c1-5(10)4-9-7(11)3-6(13-2)8(9)12;1-3-4-9-7(10)5-6(12-2)8(9)11;1-5(9)4-8-6(10)2-3-7(8)11;1-2-5-8-6(9)3-4-7(8)10/h6H,3-4H2,1-2H3;6H,3-5H2,1-2H3;2-3H,4H2,1H3;3-4H,2,5H2,1H3. The second-order valence-corrected chi connectivity index (χ2v) is 12.3. The van der Waals surface area contributed by atoms with Gasteiger partial charge in [-0.3, -0.25) is 67.5 Å². The second kappa shape index (κ2) is 19.6. The fourth-order valence-corrected chi connectivity index (χ4v) is 5.48. The Morgan fingerprint density at radius 1 is 0.587 bits per heavy atom. The van der Waals surface area contributed by atoms with Crippen LogP contribution in [0.25, 0.3) is 0 Å². The molecule has 14 nitrogen and oxygen atoms in total. The Hall–Kier alpha value is -3.92. The quantitative estimate of drug-likeness (QED) is 0.296. The number of carbonyl (C=O) groups is 10. The van der Waals surface area contributed by atoms with E-state index in [9.17, 15) is 47.9 Å². The van der Waals surface area contributed by atoms with Crippen molar-refractivity contribution in [2.45, 2.75) is 63.9 Å². The van der Waals surface area contributed by atoms with Crippen LogP contribution in [-0.2, 0) is 47.9 Å². The number of likely N-dealkylation sites (tertiary alicyclic amines) is 2. The number of nitrogens with zero attached hydrogens (tertiary/aromatic N) is 4. The van der Waals surface area contributed by atoms with Crippen LogP contribution >= 0.6 is 23.5 Å². The number of hydrogen-bond acceptors (Lipinski definition) is 12. The average molecular weight is 681 g/mol. The van der Waals surface area contributed by atoms with Gasteiger partial charge in [0.1, 0.15) is 11.6 Å². The number of amides is 8. The fraction of sp³-hybridized carbons (Fsp3) is 0.533. The fourth-order valence-electron chi connectivity index (χ4n) is 4.21. The van der Waals surface area contributed by atoms with Crippen molar-refractivity contribution >= 4 is 82.3 Å². The molecule has 0 aromatic heterocycles. The van der Waals surface area contributed by atoms with E-state index < -0.39 is 11.8 Å². The molecule has 0 radical (unpaired) electrons. The maximum atomic E-state index is 11.4. The predicted molar refractivity (Wildman–Crippen MR) is 171 cm³/mol. The molecule has 0 spiro atoms. The van der Waals surface area contributed by atoms with E-state index in [0.717, 1.165) is 34.8 Å². The first-order valence-corrected chi connectivity index (χ1v) is 17.0. The lowest BCUT2D eigenvalue weighted by molar-refractivity contribution is -0.141. The number of thioether (sulfide) groups is 2. The highest BCUT2D eigenvalue weighted by Gasteiger charge is 2.38. The molecule has 2 saturated heterocycles. The first kappa shape index (κ1) is 40.1. The Kier molecular flexibility index (Phi) is 17.1. The summed E-state index contributed by atoms with van der Waals surface area (Å²) in [7, 11) is 0. The zero-order chi connectivity index (χ0) is 35.1. The van der Waals surface area contributed by atoms with Crippen LogP contribution in [0.3, 0.4) is 0 Å². The van der Waals surface area contributed by atoms with Crippen LogP contribution in [0.5, 0.6) is 0 Å². The van der Waals surface area contributed by atoms with Gasteiger partial charge in [0.05, 0.1) is 23.6 Å². The van der Waals surface area contributed by atoms with E-state index in [-0.39, 0.29) is 77.0 Å². The third-order valence-corrected chi connectivity index (χ3v) is 8.31. The van der Waals surface area contributed by atoms with E-state index in [1.54, 1.807) is 6.26 Å². The highest BCUT2D eigenvalue weighted by Crippen LogP contribution is 2.23. The Morgan fingerprint density at radius 2 is 0.913 bits per heavy atom. The molecular weight excluding hydrogens is 640 g/mol. The minimum Gasteiger partial charge on any atom is -0.298 e. The van der Waals surface area contributed by atoms with Gasteiger partial charge in [-0.15, -0.1) is 0 Å². The second-order valence-electron chi connectivity index (χ2n) is 10.2. The molecule has 4 aliphatic rings. The highest BCUT2D eigenvalue weighted by molar-refractivity contribution is 8.00. The Morgan fingerprint density at radius 3 is 1.26 bits per heavy atom. The summed E-state index contributed by atoms with van der Waals surface area (Å²) in [6.07, 6.45) is 10.9. The maximum absolute atomic E-state index is 11.4. The van der Waals surface area contributed by atoms with E-state index in [1.165, 1.54) is 59.3 Å². The van der Waals surface area contributed by atoms with Crippen LogP contribution in [0.2, 0.25) is 0 Å². The van der Waals surface area contributed by atoms with Crippen molar-refractivity contribution in [1.29, 1.82) is 0 Å². The first-order chi connectivity index (χ1) is 21.6. The van der Waals surface area contributed by atoms with E-state index >= 15 is 0 Å². The van der Waals surface area contributed by atoms with Crippen LogP contribution in [-0.4, -0.2) is 128 Å². The van der Waals surface area contributed by atoms with Gasteiger partial charge >= 0.3 is 0 Å². The third-order valence-electron chi connectivity index (χ3n) is 6.43. The van der Waals surface area contributed by atoms with Crippen molar-refractivity contribution in [3.8, 4) is 0 Å². The lowest BCUT2D eigenvalue weighted by Crippen LogP contribution is -2.35. The summed E-state index contributed by atoms with van der Waals surface area (Å²) in [5.41, 5.74) is 0. The molecule has 4 aliphatic heterocycles. The topological polar surface area (TPSA) is 184 Å². The number of ketones is 2. The van der Waals surface area contributed by atoms with Crippen LogP contribution in [0.1, 0.15) is 53.4 Å². The van der Waals surface area contributed by atoms with Crippen molar-refractivity contribution < 1.29 is 47.9 Å². The molecule has 16 heteroatoms. The monoisotopic (exact) mass is 680 g/mol. The van der Waals surface area contributed by atoms with E-state index in [1.807, 2.05) is 20.1 Å². The highest BCUT2D eigenvalue weighted by atomic mass is 32.2. The summed E-state index contributed by atoms with van der Waals surface area (Å²) in [6, 6.07) is 0. The summed E-state index contributed by atoms with van der Waals surface area (Å²) >= 11 is 2.81. The van der Waals surface area contributed by atoms with Gasteiger partial charge in [-0.1, -0.05) is 13.8 Å². The van der Waals surface area contributed by atoms with Crippen LogP contribution in [0.15, 0.2) is 24.3 Å². The van der Waals surface area contributed by atoms with E-state index in [0.29, 0.717) is 19.5 Å². The van der Waals surface area contributed by atoms with Crippen molar-refractivity contribution in [2.24, 2.45) is 0 Å². The molecule has 2 unspecified atom stereocenters. The Bertz CT molecular complexity index is 1280. The molecule has 0 aromatic carbocycles. The number of hydrogen-bond donors (Lipinski definition) is 0. The Balaban J connectivity index is 0.000000308. The first-order valence-electron chi connectivity index (χ1n) is 14.4. The number of Topliss-reactive ketones (excluding diaryl/α,β-unsaturated/α-hetero) is 2. The smallest absolute Gasteiger partial charge is 0.254 e. The van der Waals surface area contributed by atoms with Gasteiger partial charge in [-0.2, -0.15) is 23.5 Å². The van der Waals surface area contributed by atoms with Gasteiger partial charge in [0.15, 0.2) is 0 Å². The number of imide groups is 4. The van der Waals surface area contributed by atoms with Gasteiger partial charge < -0.3 is 0 Å². The minimum atomic E-state index is -0.412. The van der Waals surface area contributed by atoms with Crippen molar-refractivity contribution in [2.75, 3.05) is 38.7 Å². The molecule has 4 heterocycles.